The van der Waals surface area contributed by atoms with E-state index in [1.54, 1.807) is 18.2 Å². The first-order chi connectivity index (χ1) is 9.10. The summed E-state index contributed by atoms with van der Waals surface area (Å²) >= 11 is 6.12. The van der Waals surface area contributed by atoms with Crippen LogP contribution in [0.25, 0.3) is 0 Å². The maximum atomic E-state index is 13.5. The molecule has 0 aliphatic rings. The highest BCUT2D eigenvalue weighted by Gasteiger charge is 2.06. The lowest BCUT2D eigenvalue weighted by Gasteiger charge is -2.10. The molecule has 2 nitrogen and oxygen atoms in total. The third kappa shape index (κ3) is 3.46. The van der Waals surface area contributed by atoms with Gasteiger partial charge in [0.15, 0.2) is 11.6 Å². The highest BCUT2D eigenvalue weighted by atomic mass is 35.5. The molecule has 2 aromatic rings. The molecule has 100 valence electrons. The molecule has 0 unspecified atom stereocenters. The average molecular weight is 280 g/mol. The van der Waals surface area contributed by atoms with Crippen molar-refractivity contribution >= 4 is 11.6 Å². The molecule has 0 aliphatic heterocycles. The van der Waals surface area contributed by atoms with Crippen molar-refractivity contribution in [2.45, 2.75) is 20.1 Å². The maximum Gasteiger partial charge on any atom is 0.165 e. The molecule has 2 rings (SSSR count). The van der Waals surface area contributed by atoms with E-state index in [1.165, 1.54) is 6.07 Å². The first-order valence-corrected chi connectivity index (χ1v) is 6.34. The number of halogens is 2. The molecule has 0 spiro atoms. The summed E-state index contributed by atoms with van der Waals surface area (Å²) in [7, 11) is 0. The lowest BCUT2D eigenvalue weighted by molar-refractivity contribution is 0.290. The molecular formula is C15H15ClFNO. The second-order valence-electron chi connectivity index (χ2n) is 4.35. The van der Waals surface area contributed by atoms with E-state index < -0.39 is 0 Å². The highest BCUT2D eigenvalue weighted by Crippen LogP contribution is 2.23. The van der Waals surface area contributed by atoms with Crippen LogP contribution >= 0.6 is 11.6 Å². The van der Waals surface area contributed by atoms with E-state index >= 15 is 0 Å². The van der Waals surface area contributed by atoms with Crippen molar-refractivity contribution in [3.63, 3.8) is 0 Å². The zero-order chi connectivity index (χ0) is 13.8. The minimum atomic E-state index is -0.375. The molecule has 0 aliphatic carbocycles. The smallest absolute Gasteiger partial charge is 0.165 e. The van der Waals surface area contributed by atoms with E-state index in [-0.39, 0.29) is 18.2 Å². The van der Waals surface area contributed by atoms with Crippen molar-refractivity contribution in [3.8, 4) is 5.75 Å². The van der Waals surface area contributed by atoms with E-state index in [2.05, 4.69) is 0 Å². The Hall–Kier alpha value is -1.58. The van der Waals surface area contributed by atoms with Crippen LogP contribution in [0.5, 0.6) is 5.75 Å². The normalized spacial score (nSPS) is 10.5. The zero-order valence-electron chi connectivity index (χ0n) is 10.6. The minimum Gasteiger partial charge on any atom is -0.486 e. The van der Waals surface area contributed by atoms with Crippen molar-refractivity contribution in [1.29, 1.82) is 0 Å². The molecule has 0 saturated carbocycles. The Labute approximate surface area is 117 Å². The Morgan fingerprint density at radius 2 is 2.00 bits per heavy atom. The van der Waals surface area contributed by atoms with Gasteiger partial charge in [0.05, 0.1) is 0 Å². The molecule has 0 bridgehead atoms. The SMILES string of the molecule is Cc1ccc(F)c(OCc2ccc(CN)cc2Cl)c1. The summed E-state index contributed by atoms with van der Waals surface area (Å²) in [6, 6.07) is 10.3. The number of rotatable bonds is 4. The molecular weight excluding hydrogens is 265 g/mol. The van der Waals surface area contributed by atoms with Gasteiger partial charge in [-0.1, -0.05) is 29.8 Å². The van der Waals surface area contributed by atoms with Crippen LogP contribution in [0.2, 0.25) is 5.02 Å². The van der Waals surface area contributed by atoms with Gasteiger partial charge in [-0.25, -0.2) is 4.39 Å². The molecule has 0 aromatic heterocycles. The van der Waals surface area contributed by atoms with Crippen molar-refractivity contribution in [1.82, 2.24) is 0 Å². The number of nitrogens with two attached hydrogens (primary N) is 1. The van der Waals surface area contributed by atoms with Gasteiger partial charge >= 0.3 is 0 Å². The van der Waals surface area contributed by atoms with Crippen LogP contribution < -0.4 is 10.5 Å². The van der Waals surface area contributed by atoms with E-state index in [9.17, 15) is 4.39 Å². The molecule has 0 atom stereocenters. The quantitative estimate of drug-likeness (QED) is 0.923. The lowest BCUT2D eigenvalue weighted by Crippen LogP contribution is -2.01. The Kier molecular flexibility index (Phi) is 4.40. The summed E-state index contributed by atoms with van der Waals surface area (Å²) in [4.78, 5) is 0. The van der Waals surface area contributed by atoms with Crippen LogP contribution in [0.1, 0.15) is 16.7 Å². The first kappa shape index (κ1) is 13.8. The van der Waals surface area contributed by atoms with Crippen molar-refractivity contribution in [2.75, 3.05) is 0 Å². The molecule has 4 heteroatoms. The minimum absolute atomic E-state index is 0.226. The van der Waals surface area contributed by atoms with E-state index in [1.807, 2.05) is 19.1 Å². The predicted octanol–water partition coefficient (Wildman–Crippen LogP) is 3.83. The topological polar surface area (TPSA) is 35.2 Å². The summed E-state index contributed by atoms with van der Waals surface area (Å²) in [5.41, 5.74) is 8.24. The predicted molar refractivity (Wildman–Crippen MR) is 74.8 cm³/mol. The van der Waals surface area contributed by atoms with Gasteiger partial charge in [-0.2, -0.15) is 0 Å². The second-order valence-corrected chi connectivity index (χ2v) is 4.76. The average Bonchev–Trinajstić information content (AvgIpc) is 2.40. The maximum absolute atomic E-state index is 13.5. The summed E-state index contributed by atoms with van der Waals surface area (Å²) in [5.74, 6) is -0.140. The number of benzene rings is 2. The number of hydrogen-bond acceptors (Lipinski definition) is 2. The van der Waals surface area contributed by atoms with Crippen LogP contribution in [0.15, 0.2) is 36.4 Å². The number of aryl methyl sites for hydroxylation is 1. The summed E-state index contributed by atoms with van der Waals surface area (Å²) in [5, 5.41) is 0.580. The number of hydrogen-bond donors (Lipinski definition) is 1. The Morgan fingerprint density at radius 1 is 1.21 bits per heavy atom. The van der Waals surface area contributed by atoms with Gasteiger partial charge in [0.1, 0.15) is 6.61 Å². The first-order valence-electron chi connectivity index (χ1n) is 5.96. The summed E-state index contributed by atoms with van der Waals surface area (Å²) < 4.78 is 19.0. The fourth-order valence-electron chi connectivity index (χ4n) is 1.71. The molecule has 0 fully saturated rings. The van der Waals surface area contributed by atoms with Crippen LogP contribution in [-0.4, -0.2) is 0 Å². The van der Waals surface area contributed by atoms with Gasteiger partial charge in [0.25, 0.3) is 0 Å². The summed E-state index contributed by atoms with van der Waals surface area (Å²) in [6.07, 6.45) is 0. The largest absolute Gasteiger partial charge is 0.486 e. The van der Waals surface area contributed by atoms with Crippen molar-refractivity contribution in [2.24, 2.45) is 5.73 Å². The molecule has 0 saturated heterocycles. The third-order valence-electron chi connectivity index (χ3n) is 2.82. The van der Waals surface area contributed by atoms with Crippen molar-refractivity contribution in [3.05, 3.63) is 63.9 Å². The molecule has 2 N–H and O–H groups in total. The number of ether oxygens (including phenoxy) is 1. The third-order valence-corrected chi connectivity index (χ3v) is 3.17. The second kappa shape index (κ2) is 6.04. The Balaban J connectivity index is 2.12. The molecule has 19 heavy (non-hydrogen) atoms. The summed E-state index contributed by atoms with van der Waals surface area (Å²) in [6.45, 7) is 2.55. The van der Waals surface area contributed by atoms with Gasteiger partial charge < -0.3 is 10.5 Å². The van der Waals surface area contributed by atoms with Crippen LogP contribution in [0.4, 0.5) is 4.39 Å². The zero-order valence-corrected chi connectivity index (χ0v) is 11.4. The standard InChI is InChI=1S/C15H15ClFNO/c1-10-2-5-14(17)15(6-10)19-9-12-4-3-11(8-18)7-13(12)16/h2-7H,8-9,18H2,1H3. The molecule has 2 aromatic carbocycles. The van der Waals surface area contributed by atoms with E-state index in [4.69, 9.17) is 22.1 Å². The van der Waals surface area contributed by atoms with Gasteiger partial charge in [0, 0.05) is 17.1 Å². The lowest BCUT2D eigenvalue weighted by atomic mass is 10.1. The van der Waals surface area contributed by atoms with Crippen LogP contribution in [-0.2, 0) is 13.2 Å². The Bertz CT molecular complexity index is 586. The van der Waals surface area contributed by atoms with Crippen LogP contribution in [0, 0.1) is 12.7 Å². The van der Waals surface area contributed by atoms with E-state index in [0.717, 1.165) is 16.7 Å². The Morgan fingerprint density at radius 3 is 2.68 bits per heavy atom. The van der Waals surface area contributed by atoms with Crippen LogP contribution in [0.3, 0.4) is 0 Å². The highest BCUT2D eigenvalue weighted by molar-refractivity contribution is 6.31. The van der Waals surface area contributed by atoms with E-state index in [0.29, 0.717) is 11.6 Å². The fourth-order valence-corrected chi connectivity index (χ4v) is 1.97. The molecule has 0 radical (unpaired) electrons. The van der Waals surface area contributed by atoms with Gasteiger partial charge in [-0.05, 0) is 36.2 Å². The van der Waals surface area contributed by atoms with Crippen molar-refractivity contribution < 1.29 is 9.13 Å². The monoisotopic (exact) mass is 279 g/mol. The van der Waals surface area contributed by atoms with Gasteiger partial charge in [0.2, 0.25) is 0 Å². The fraction of sp³-hybridized carbons (Fsp3) is 0.200. The van der Waals surface area contributed by atoms with Gasteiger partial charge in [-0.3, -0.25) is 0 Å². The molecule has 0 heterocycles. The van der Waals surface area contributed by atoms with Gasteiger partial charge in [-0.15, -0.1) is 0 Å². The molecule has 0 amide bonds.